The molecule has 4 nitrogen and oxygen atoms in total. The summed E-state index contributed by atoms with van der Waals surface area (Å²) in [6, 6.07) is 19.9. The molecule has 0 aliphatic rings. The van der Waals surface area contributed by atoms with Gasteiger partial charge in [0, 0.05) is 11.5 Å². The van der Waals surface area contributed by atoms with Crippen LogP contribution >= 0.6 is 0 Å². The highest BCUT2D eigenvalue weighted by atomic mass is 16.4. The summed E-state index contributed by atoms with van der Waals surface area (Å²) in [6.07, 6.45) is 0. The number of carboxylic acid groups (broad SMARTS) is 1. The van der Waals surface area contributed by atoms with Crippen molar-refractivity contribution >= 4 is 5.97 Å². The third-order valence-corrected chi connectivity index (χ3v) is 3.94. The van der Waals surface area contributed by atoms with Gasteiger partial charge in [-0.15, -0.1) is 0 Å². The van der Waals surface area contributed by atoms with Crippen LogP contribution in [0.2, 0.25) is 0 Å². The predicted molar refractivity (Wildman–Crippen MR) is 87.9 cm³/mol. The zero-order valence-corrected chi connectivity index (χ0v) is 12.7. The van der Waals surface area contributed by atoms with Crippen LogP contribution in [-0.4, -0.2) is 16.2 Å². The molecule has 0 atom stereocenters. The lowest BCUT2D eigenvalue weighted by molar-refractivity contribution is -0.255. The Morgan fingerprint density at radius 1 is 0.750 bits per heavy atom. The number of aromatic hydroxyl groups is 2. The number of hydrogen-bond donors (Lipinski definition) is 2. The Labute approximate surface area is 139 Å². The van der Waals surface area contributed by atoms with Crippen molar-refractivity contribution in [2.45, 2.75) is 5.92 Å². The molecule has 0 radical (unpaired) electrons. The van der Waals surface area contributed by atoms with Gasteiger partial charge in [0.15, 0.2) is 0 Å². The van der Waals surface area contributed by atoms with Crippen molar-refractivity contribution in [3.63, 3.8) is 0 Å². The number of aromatic carboxylic acids is 1. The van der Waals surface area contributed by atoms with E-state index in [4.69, 9.17) is 0 Å². The van der Waals surface area contributed by atoms with Crippen molar-refractivity contribution in [1.29, 1.82) is 0 Å². The third kappa shape index (κ3) is 3.08. The van der Waals surface area contributed by atoms with Crippen molar-refractivity contribution in [1.82, 2.24) is 0 Å². The van der Waals surface area contributed by atoms with E-state index in [2.05, 4.69) is 0 Å². The molecular formula is C20H15O4-. The second-order valence-corrected chi connectivity index (χ2v) is 5.49. The molecule has 0 spiro atoms. The minimum atomic E-state index is -1.24. The first-order valence-electron chi connectivity index (χ1n) is 7.44. The average Bonchev–Trinajstić information content (AvgIpc) is 2.59. The summed E-state index contributed by atoms with van der Waals surface area (Å²) in [4.78, 5) is 11.5. The maximum absolute atomic E-state index is 11.5. The minimum absolute atomic E-state index is 0.114. The van der Waals surface area contributed by atoms with Crippen LogP contribution in [-0.2, 0) is 0 Å². The van der Waals surface area contributed by atoms with Crippen LogP contribution in [0.1, 0.15) is 33.0 Å². The summed E-state index contributed by atoms with van der Waals surface area (Å²) >= 11 is 0. The van der Waals surface area contributed by atoms with E-state index in [1.807, 2.05) is 0 Å². The van der Waals surface area contributed by atoms with Crippen LogP contribution < -0.4 is 5.11 Å². The molecule has 0 unspecified atom stereocenters. The molecule has 2 N–H and O–H groups in total. The van der Waals surface area contributed by atoms with E-state index >= 15 is 0 Å². The van der Waals surface area contributed by atoms with Gasteiger partial charge in [-0.25, -0.2) is 0 Å². The number of benzene rings is 3. The largest absolute Gasteiger partial charge is 0.545 e. The van der Waals surface area contributed by atoms with E-state index in [1.165, 1.54) is 6.07 Å². The highest BCUT2D eigenvalue weighted by molar-refractivity contribution is 5.88. The fourth-order valence-corrected chi connectivity index (χ4v) is 2.82. The van der Waals surface area contributed by atoms with E-state index in [-0.39, 0.29) is 23.0 Å². The fraction of sp³-hybridized carbons (Fsp3) is 0.0500. The second-order valence-electron chi connectivity index (χ2n) is 5.49. The highest BCUT2D eigenvalue weighted by Crippen LogP contribution is 2.35. The zero-order chi connectivity index (χ0) is 17.1. The first kappa shape index (κ1) is 15.6. The Kier molecular flexibility index (Phi) is 4.20. The molecule has 0 fully saturated rings. The number of phenolic OH excluding ortho intramolecular Hbond substituents is 2. The van der Waals surface area contributed by atoms with E-state index in [0.717, 1.165) is 11.1 Å². The van der Waals surface area contributed by atoms with Gasteiger partial charge < -0.3 is 20.1 Å². The number of hydrogen-bond acceptors (Lipinski definition) is 4. The molecule has 0 saturated heterocycles. The molecule has 0 bridgehead atoms. The molecule has 0 saturated carbocycles. The Morgan fingerprint density at radius 2 is 1.21 bits per heavy atom. The quantitative estimate of drug-likeness (QED) is 0.724. The smallest absolute Gasteiger partial charge is 0.115 e. The maximum atomic E-state index is 11.5. The van der Waals surface area contributed by atoms with Crippen LogP contribution in [0.3, 0.4) is 0 Å². The van der Waals surface area contributed by atoms with E-state index in [1.54, 1.807) is 66.7 Å². The summed E-state index contributed by atoms with van der Waals surface area (Å²) in [5.41, 5.74) is 2.36. The minimum Gasteiger partial charge on any atom is -0.545 e. The van der Waals surface area contributed by atoms with Crippen molar-refractivity contribution in [3.05, 3.63) is 95.1 Å². The highest BCUT2D eigenvalue weighted by Gasteiger charge is 2.20. The monoisotopic (exact) mass is 319 g/mol. The lowest BCUT2D eigenvalue weighted by Crippen LogP contribution is -2.24. The molecule has 0 aliphatic heterocycles. The maximum Gasteiger partial charge on any atom is 0.115 e. The van der Waals surface area contributed by atoms with Crippen molar-refractivity contribution in [2.24, 2.45) is 0 Å². The number of carbonyl (C=O) groups excluding carboxylic acids is 1. The molecule has 120 valence electrons. The topological polar surface area (TPSA) is 80.6 Å². The lowest BCUT2D eigenvalue weighted by atomic mass is 9.83. The van der Waals surface area contributed by atoms with Crippen LogP contribution in [0.4, 0.5) is 0 Å². The zero-order valence-electron chi connectivity index (χ0n) is 12.7. The van der Waals surface area contributed by atoms with E-state index in [0.29, 0.717) is 5.56 Å². The molecule has 3 aromatic rings. The molecule has 3 aromatic carbocycles. The summed E-state index contributed by atoms with van der Waals surface area (Å²) in [6.45, 7) is 0. The molecule has 0 amide bonds. The standard InChI is InChI=1S/C20H16O4/c21-15-9-5-13(6-10-15)19(14-7-11-16(22)12-8-14)17-3-1-2-4-18(17)20(23)24/h1-12,19,21-22H,(H,23,24)/p-1. The van der Waals surface area contributed by atoms with Gasteiger partial charge in [0.25, 0.3) is 0 Å². The Morgan fingerprint density at radius 3 is 1.67 bits per heavy atom. The second kappa shape index (κ2) is 6.46. The van der Waals surface area contributed by atoms with Gasteiger partial charge in [0.2, 0.25) is 0 Å². The fourth-order valence-electron chi connectivity index (χ4n) is 2.82. The Balaban J connectivity index is 2.21. The van der Waals surface area contributed by atoms with Crippen LogP contribution in [0.25, 0.3) is 0 Å². The summed E-state index contributed by atoms with van der Waals surface area (Å²) in [5, 5.41) is 30.5. The number of carboxylic acids is 1. The predicted octanol–water partition coefficient (Wildman–Crippen LogP) is 2.64. The van der Waals surface area contributed by atoms with Crippen molar-refractivity contribution in [3.8, 4) is 11.5 Å². The summed E-state index contributed by atoms with van der Waals surface area (Å²) < 4.78 is 0. The Hall–Kier alpha value is -3.27. The van der Waals surface area contributed by atoms with Gasteiger partial charge in [-0.3, -0.25) is 0 Å². The van der Waals surface area contributed by atoms with Gasteiger partial charge in [0.05, 0.1) is 5.97 Å². The van der Waals surface area contributed by atoms with Gasteiger partial charge in [-0.2, -0.15) is 0 Å². The van der Waals surface area contributed by atoms with Crippen LogP contribution in [0, 0.1) is 0 Å². The Bertz CT molecular complexity index is 806. The SMILES string of the molecule is O=C([O-])c1ccccc1C(c1ccc(O)cc1)c1ccc(O)cc1. The first-order valence-corrected chi connectivity index (χ1v) is 7.44. The molecule has 0 aromatic heterocycles. The summed E-state index contributed by atoms with van der Waals surface area (Å²) in [7, 11) is 0. The van der Waals surface area contributed by atoms with Gasteiger partial charge >= 0.3 is 0 Å². The van der Waals surface area contributed by atoms with E-state index in [9.17, 15) is 20.1 Å². The number of rotatable bonds is 4. The molecular weight excluding hydrogens is 304 g/mol. The lowest BCUT2D eigenvalue weighted by Gasteiger charge is -2.22. The average molecular weight is 319 g/mol. The molecule has 0 heterocycles. The number of phenols is 2. The number of carbonyl (C=O) groups is 1. The third-order valence-electron chi connectivity index (χ3n) is 3.94. The molecule has 3 rings (SSSR count). The van der Waals surface area contributed by atoms with Crippen molar-refractivity contribution < 1.29 is 20.1 Å². The van der Waals surface area contributed by atoms with Gasteiger partial charge in [-0.05, 0) is 41.0 Å². The van der Waals surface area contributed by atoms with Crippen LogP contribution in [0.15, 0.2) is 72.8 Å². The summed E-state index contributed by atoms with van der Waals surface area (Å²) in [5.74, 6) is -1.33. The van der Waals surface area contributed by atoms with Crippen molar-refractivity contribution in [2.75, 3.05) is 0 Å². The van der Waals surface area contributed by atoms with Gasteiger partial charge in [-0.1, -0.05) is 48.5 Å². The first-order chi connectivity index (χ1) is 11.6. The molecule has 0 aliphatic carbocycles. The van der Waals surface area contributed by atoms with E-state index < -0.39 is 5.97 Å². The molecule has 24 heavy (non-hydrogen) atoms. The van der Waals surface area contributed by atoms with Crippen LogP contribution in [0.5, 0.6) is 11.5 Å². The normalized spacial score (nSPS) is 10.7. The van der Waals surface area contributed by atoms with Gasteiger partial charge in [0.1, 0.15) is 11.5 Å². The molecule has 4 heteroatoms.